The second-order valence-electron chi connectivity index (χ2n) is 5.73. The molecule has 0 spiro atoms. The van der Waals surface area contributed by atoms with Crippen LogP contribution >= 0.6 is 0 Å². The molecule has 0 aliphatic carbocycles. The van der Waals surface area contributed by atoms with Gasteiger partial charge in [-0.05, 0) is 6.07 Å². The van der Waals surface area contributed by atoms with Crippen molar-refractivity contribution >= 4 is 5.82 Å². The molecule has 12 heteroatoms. The summed E-state index contributed by atoms with van der Waals surface area (Å²) >= 11 is 0. The number of nitrogens with one attached hydrogen (secondary N) is 1. The van der Waals surface area contributed by atoms with Crippen LogP contribution in [0.2, 0.25) is 0 Å². The Morgan fingerprint density at radius 1 is 1.19 bits per heavy atom. The first-order valence-corrected chi connectivity index (χ1v) is 7.88. The molecule has 3 heterocycles. The van der Waals surface area contributed by atoms with Crippen LogP contribution in [0.4, 0.5) is 19.0 Å². The highest BCUT2D eigenvalue weighted by atomic mass is 19.4. The minimum Gasteiger partial charge on any atom is -0.461 e. The summed E-state index contributed by atoms with van der Waals surface area (Å²) in [4.78, 5) is 14.6. The van der Waals surface area contributed by atoms with E-state index in [4.69, 9.17) is 9.47 Å². The Labute approximate surface area is 151 Å². The number of hydrogen-bond donors (Lipinski definition) is 3. The first kappa shape index (κ1) is 19.2. The van der Waals surface area contributed by atoms with Crippen LogP contribution in [0.3, 0.4) is 0 Å². The predicted octanol–water partition coefficient (Wildman–Crippen LogP) is 0.265. The van der Waals surface area contributed by atoms with Gasteiger partial charge < -0.3 is 25.0 Å². The van der Waals surface area contributed by atoms with Crippen molar-refractivity contribution in [2.45, 2.75) is 30.5 Å². The smallest absolute Gasteiger partial charge is 0.434 e. The molecule has 27 heavy (non-hydrogen) atoms. The molecule has 0 radical (unpaired) electrons. The van der Waals surface area contributed by atoms with Gasteiger partial charge in [0.2, 0.25) is 0 Å². The van der Waals surface area contributed by atoms with E-state index in [1.54, 1.807) is 6.07 Å². The van der Waals surface area contributed by atoms with E-state index in [1.165, 1.54) is 12.4 Å². The van der Waals surface area contributed by atoms with Gasteiger partial charge in [0, 0.05) is 12.4 Å². The third-order valence-electron chi connectivity index (χ3n) is 3.81. The largest absolute Gasteiger partial charge is 0.461 e. The van der Waals surface area contributed by atoms with Gasteiger partial charge in [-0.25, -0.2) is 15.0 Å². The van der Waals surface area contributed by atoms with Crippen LogP contribution in [0.25, 0.3) is 0 Å². The van der Waals surface area contributed by atoms with E-state index < -0.39 is 36.2 Å². The summed E-state index contributed by atoms with van der Waals surface area (Å²) in [5.41, 5.74) is -1.17. The number of alkyl halides is 3. The van der Waals surface area contributed by atoms with Crippen LogP contribution in [0.5, 0.6) is 6.01 Å². The summed E-state index contributed by atoms with van der Waals surface area (Å²) < 4.78 is 48.8. The summed E-state index contributed by atoms with van der Waals surface area (Å²) in [7, 11) is 0. The Morgan fingerprint density at radius 3 is 2.63 bits per heavy atom. The van der Waals surface area contributed by atoms with E-state index in [2.05, 4.69) is 25.3 Å². The van der Waals surface area contributed by atoms with E-state index in [0.29, 0.717) is 6.20 Å². The highest BCUT2D eigenvalue weighted by molar-refractivity contribution is 5.34. The molecule has 1 saturated heterocycles. The van der Waals surface area contributed by atoms with Crippen LogP contribution in [0, 0.1) is 0 Å². The Bertz CT molecular complexity index is 752. The lowest BCUT2D eigenvalue weighted by Gasteiger charge is -2.37. The zero-order valence-electron chi connectivity index (χ0n) is 13.7. The zero-order chi connectivity index (χ0) is 19.4. The van der Waals surface area contributed by atoms with Crippen molar-refractivity contribution in [2.75, 3.05) is 18.5 Å². The lowest BCUT2D eigenvalue weighted by atomic mass is 9.98. The minimum atomic E-state index is -4.65. The summed E-state index contributed by atoms with van der Waals surface area (Å²) in [6, 6.07) is 0.805. The summed E-state index contributed by atoms with van der Waals surface area (Å²) in [6.45, 7) is -0.210. The number of anilines is 1. The number of nitrogens with zero attached hydrogens (tertiary/aromatic N) is 4. The highest BCUT2D eigenvalue weighted by Crippen LogP contribution is 2.28. The lowest BCUT2D eigenvalue weighted by Crippen LogP contribution is -2.57. The molecule has 2 aromatic rings. The van der Waals surface area contributed by atoms with Crippen molar-refractivity contribution < 1.29 is 32.9 Å². The van der Waals surface area contributed by atoms with E-state index in [1.807, 2.05) is 0 Å². The average Bonchev–Trinajstić information content (AvgIpc) is 2.65. The maximum absolute atomic E-state index is 12.7. The molecule has 1 aliphatic heterocycles. The van der Waals surface area contributed by atoms with Gasteiger partial charge >= 0.3 is 12.2 Å². The SMILES string of the molecule is O[C@@H]1[C@H](O)[C@@H](Nc2cncc(C(F)(F)F)n2)CO[C@@H]1COc1ncccn1. The second-order valence-corrected chi connectivity index (χ2v) is 5.73. The van der Waals surface area contributed by atoms with Gasteiger partial charge in [0.1, 0.15) is 30.7 Å². The molecule has 0 amide bonds. The second kappa shape index (κ2) is 7.98. The molecule has 1 aliphatic rings. The van der Waals surface area contributed by atoms with Crippen molar-refractivity contribution in [3.05, 3.63) is 36.5 Å². The van der Waals surface area contributed by atoms with Crippen LogP contribution in [-0.4, -0.2) is 67.7 Å². The van der Waals surface area contributed by atoms with Crippen molar-refractivity contribution in [3.63, 3.8) is 0 Å². The van der Waals surface area contributed by atoms with E-state index >= 15 is 0 Å². The number of aliphatic hydroxyl groups is 2. The molecule has 4 atom stereocenters. The number of aromatic nitrogens is 4. The topological polar surface area (TPSA) is 123 Å². The van der Waals surface area contributed by atoms with E-state index in [9.17, 15) is 23.4 Å². The molecule has 146 valence electrons. The molecule has 9 nitrogen and oxygen atoms in total. The summed E-state index contributed by atoms with van der Waals surface area (Å²) in [5, 5.41) is 23.0. The zero-order valence-corrected chi connectivity index (χ0v) is 13.7. The number of aliphatic hydroxyl groups excluding tert-OH is 2. The molecule has 0 bridgehead atoms. The molecule has 1 fully saturated rings. The Kier molecular flexibility index (Phi) is 5.68. The quantitative estimate of drug-likeness (QED) is 0.663. The van der Waals surface area contributed by atoms with Crippen molar-refractivity contribution in [3.8, 4) is 6.01 Å². The van der Waals surface area contributed by atoms with Crippen LogP contribution in [-0.2, 0) is 10.9 Å². The minimum absolute atomic E-state index is 0.0854. The number of hydrogen-bond acceptors (Lipinski definition) is 9. The Morgan fingerprint density at radius 2 is 1.93 bits per heavy atom. The molecular weight excluding hydrogens is 371 g/mol. The maximum Gasteiger partial charge on any atom is 0.434 e. The predicted molar refractivity (Wildman–Crippen MR) is 83.7 cm³/mol. The molecule has 3 N–H and O–H groups in total. The fourth-order valence-corrected chi connectivity index (χ4v) is 2.43. The van der Waals surface area contributed by atoms with E-state index in [0.717, 1.165) is 6.20 Å². The first-order chi connectivity index (χ1) is 12.8. The van der Waals surface area contributed by atoms with Gasteiger partial charge in [0.05, 0.1) is 25.0 Å². The molecule has 3 rings (SSSR count). The highest BCUT2D eigenvalue weighted by Gasteiger charge is 2.39. The molecule has 2 aromatic heterocycles. The third-order valence-corrected chi connectivity index (χ3v) is 3.81. The molecule has 0 aromatic carbocycles. The first-order valence-electron chi connectivity index (χ1n) is 7.88. The van der Waals surface area contributed by atoms with Crippen LogP contribution in [0.15, 0.2) is 30.9 Å². The van der Waals surface area contributed by atoms with Gasteiger partial charge in [-0.2, -0.15) is 13.2 Å². The van der Waals surface area contributed by atoms with Crippen molar-refractivity contribution in [1.82, 2.24) is 19.9 Å². The normalized spacial score (nSPS) is 25.8. The third kappa shape index (κ3) is 4.78. The Hall–Kier alpha value is -2.57. The van der Waals surface area contributed by atoms with E-state index in [-0.39, 0.29) is 25.0 Å². The molecule has 0 saturated carbocycles. The summed E-state index contributed by atoms with van der Waals surface area (Å²) in [5.74, 6) is -0.197. The maximum atomic E-state index is 12.7. The van der Waals surface area contributed by atoms with Crippen LogP contribution < -0.4 is 10.1 Å². The monoisotopic (exact) mass is 387 g/mol. The fourth-order valence-electron chi connectivity index (χ4n) is 2.43. The van der Waals surface area contributed by atoms with Crippen molar-refractivity contribution in [1.29, 1.82) is 0 Å². The number of rotatable bonds is 5. The lowest BCUT2D eigenvalue weighted by molar-refractivity contribution is -0.150. The van der Waals surface area contributed by atoms with Gasteiger partial charge in [0.15, 0.2) is 5.69 Å². The standard InChI is InChI=1S/C15H16F3N5O4/c16-15(17,18)10-4-19-5-11(23-10)22-8-6-26-9(13(25)12(8)24)7-27-14-20-2-1-3-21-14/h1-5,8-9,12-13,24-25H,6-7H2,(H,22,23)/t8-,9+,12+,13-/m0/s1. The average molecular weight is 387 g/mol. The number of halogens is 3. The van der Waals surface area contributed by atoms with Crippen LogP contribution in [0.1, 0.15) is 5.69 Å². The fraction of sp³-hybridized carbons (Fsp3) is 0.467. The number of ether oxygens (including phenoxy) is 2. The van der Waals surface area contributed by atoms with Gasteiger partial charge in [-0.3, -0.25) is 4.98 Å². The molecule has 0 unspecified atom stereocenters. The van der Waals surface area contributed by atoms with Crippen molar-refractivity contribution in [2.24, 2.45) is 0 Å². The summed E-state index contributed by atoms with van der Waals surface area (Å²) in [6.07, 6.45) is -3.57. The van der Waals surface area contributed by atoms with Gasteiger partial charge in [-0.15, -0.1) is 0 Å². The van der Waals surface area contributed by atoms with Gasteiger partial charge in [0.25, 0.3) is 0 Å². The molecular formula is C15H16F3N5O4. The Balaban J connectivity index is 1.59. The van der Waals surface area contributed by atoms with Gasteiger partial charge in [-0.1, -0.05) is 0 Å².